The molecule has 9 nitrogen and oxygen atoms in total. The zero-order valence-electron chi connectivity index (χ0n) is 21.8. The SMILES string of the molecule is COc1ccc(-c2nc(C3CCN(c4ncnc5[nH]c(-c6ccnc(OC)c6)cc45)CC3)[nH]c2C(F)(F)F)cc1. The molecule has 2 N–H and O–H groups in total. The highest BCUT2D eigenvalue weighted by atomic mass is 19.4. The van der Waals surface area contributed by atoms with Crippen molar-refractivity contribution in [1.82, 2.24) is 29.9 Å². The number of rotatable bonds is 6. The van der Waals surface area contributed by atoms with Crippen LogP contribution in [0.1, 0.15) is 30.3 Å². The van der Waals surface area contributed by atoms with E-state index in [1.807, 2.05) is 18.2 Å². The van der Waals surface area contributed by atoms with Gasteiger partial charge >= 0.3 is 6.18 Å². The Morgan fingerprint density at radius 3 is 2.38 bits per heavy atom. The number of benzene rings is 1. The van der Waals surface area contributed by atoms with Gasteiger partial charge in [-0.25, -0.2) is 19.9 Å². The van der Waals surface area contributed by atoms with Crippen LogP contribution < -0.4 is 14.4 Å². The molecule has 5 heterocycles. The third kappa shape index (κ3) is 4.80. The Bertz CT molecular complexity index is 1640. The fraction of sp³-hybridized carbons (Fsp3) is 0.286. The van der Waals surface area contributed by atoms with E-state index in [1.165, 1.54) is 13.4 Å². The summed E-state index contributed by atoms with van der Waals surface area (Å²) in [4.78, 5) is 25.6. The number of aromatic amines is 2. The zero-order valence-corrected chi connectivity index (χ0v) is 21.8. The van der Waals surface area contributed by atoms with E-state index in [2.05, 4.69) is 34.8 Å². The second kappa shape index (κ2) is 10.2. The Labute approximate surface area is 227 Å². The average molecular weight is 550 g/mol. The van der Waals surface area contributed by atoms with Crippen LogP contribution in [0.5, 0.6) is 11.6 Å². The molecule has 0 atom stereocenters. The number of hydrogen-bond donors (Lipinski definition) is 2. The molecule has 12 heteroatoms. The van der Waals surface area contributed by atoms with E-state index in [0.717, 1.165) is 22.5 Å². The first kappa shape index (κ1) is 25.7. The number of alkyl halides is 3. The van der Waals surface area contributed by atoms with Crippen LogP contribution in [0, 0.1) is 0 Å². The maximum atomic E-state index is 13.9. The summed E-state index contributed by atoms with van der Waals surface area (Å²) in [5, 5.41) is 0.867. The van der Waals surface area contributed by atoms with E-state index in [1.54, 1.807) is 37.6 Å². The third-order valence-corrected chi connectivity index (χ3v) is 7.21. The minimum Gasteiger partial charge on any atom is -0.497 e. The van der Waals surface area contributed by atoms with E-state index in [9.17, 15) is 13.2 Å². The Morgan fingerprint density at radius 2 is 1.68 bits per heavy atom. The van der Waals surface area contributed by atoms with E-state index in [0.29, 0.717) is 54.6 Å². The fourth-order valence-corrected chi connectivity index (χ4v) is 5.14. The van der Waals surface area contributed by atoms with Gasteiger partial charge in [0.25, 0.3) is 0 Å². The van der Waals surface area contributed by atoms with Gasteiger partial charge in [-0.05, 0) is 49.2 Å². The lowest BCUT2D eigenvalue weighted by Gasteiger charge is -2.32. The highest BCUT2D eigenvalue weighted by Gasteiger charge is 2.38. The Hall–Kier alpha value is -4.61. The number of anilines is 1. The largest absolute Gasteiger partial charge is 0.497 e. The standard InChI is InChI=1S/C28H26F3N7O2/c1-39-19-5-3-16(4-6-19)23-24(28(29,30)31)37-25(36-23)17-8-11-38(12-9-17)27-20-14-21(35-26(20)33-15-34-27)18-7-10-32-22(13-18)40-2/h3-7,10,13-15,17H,8-9,11-12H2,1-2H3,(H,36,37)(H,33,34,35). The Balaban J connectivity index is 1.24. The number of hydrogen-bond acceptors (Lipinski definition) is 7. The molecule has 0 radical (unpaired) electrons. The van der Waals surface area contributed by atoms with Crippen LogP contribution in [-0.2, 0) is 6.18 Å². The second-order valence-electron chi connectivity index (χ2n) is 9.56. The molecule has 1 saturated heterocycles. The van der Waals surface area contributed by atoms with Crippen LogP contribution in [0.2, 0.25) is 0 Å². The van der Waals surface area contributed by atoms with Crippen molar-refractivity contribution in [3.8, 4) is 34.1 Å². The minimum atomic E-state index is -4.56. The molecule has 1 aromatic carbocycles. The van der Waals surface area contributed by atoms with Crippen molar-refractivity contribution >= 4 is 16.9 Å². The van der Waals surface area contributed by atoms with Gasteiger partial charge in [0.15, 0.2) is 0 Å². The number of nitrogens with zero attached hydrogens (tertiary/aromatic N) is 5. The molecule has 0 bridgehead atoms. The normalized spacial score (nSPS) is 14.6. The van der Waals surface area contributed by atoms with Crippen molar-refractivity contribution in [3.05, 3.63) is 66.5 Å². The quantitative estimate of drug-likeness (QED) is 0.275. The van der Waals surface area contributed by atoms with Gasteiger partial charge in [-0.2, -0.15) is 13.2 Å². The molecule has 4 aromatic heterocycles. The van der Waals surface area contributed by atoms with Crippen molar-refractivity contribution in [3.63, 3.8) is 0 Å². The van der Waals surface area contributed by atoms with Gasteiger partial charge < -0.3 is 24.3 Å². The number of H-pyrrole nitrogens is 2. The molecule has 1 fully saturated rings. The van der Waals surface area contributed by atoms with E-state index in [4.69, 9.17) is 9.47 Å². The van der Waals surface area contributed by atoms with Crippen molar-refractivity contribution in [2.24, 2.45) is 0 Å². The van der Waals surface area contributed by atoms with Gasteiger partial charge in [0, 0.05) is 48.1 Å². The van der Waals surface area contributed by atoms with Crippen molar-refractivity contribution in [2.45, 2.75) is 24.9 Å². The molecule has 0 unspecified atom stereocenters. The molecule has 0 spiro atoms. The van der Waals surface area contributed by atoms with Crippen LogP contribution in [0.4, 0.5) is 19.0 Å². The van der Waals surface area contributed by atoms with Crippen LogP contribution >= 0.6 is 0 Å². The lowest BCUT2D eigenvalue weighted by atomic mass is 9.96. The molecule has 1 aliphatic heterocycles. The van der Waals surface area contributed by atoms with Crippen LogP contribution in [0.25, 0.3) is 33.5 Å². The van der Waals surface area contributed by atoms with Gasteiger partial charge in [-0.1, -0.05) is 0 Å². The van der Waals surface area contributed by atoms with Gasteiger partial charge in [-0.3, -0.25) is 0 Å². The number of imidazole rings is 1. The zero-order chi connectivity index (χ0) is 27.9. The number of pyridine rings is 1. The molecular formula is C28H26F3N7O2. The number of halogens is 3. The smallest absolute Gasteiger partial charge is 0.433 e. The number of methoxy groups -OCH3 is 2. The molecule has 1 aliphatic rings. The van der Waals surface area contributed by atoms with Crippen LogP contribution in [-0.4, -0.2) is 57.2 Å². The summed E-state index contributed by atoms with van der Waals surface area (Å²) in [6.45, 7) is 1.22. The van der Waals surface area contributed by atoms with Crippen LogP contribution in [0.15, 0.2) is 55.0 Å². The molecule has 5 aromatic rings. The molecule has 206 valence electrons. The third-order valence-electron chi connectivity index (χ3n) is 7.21. The summed E-state index contributed by atoms with van der Waals surface area (Å²) in [5.74, 6) is 2.05. The predicted molar refractivity (Wildman–Crippen MR) is 143 cm³/mol. The maximum absolute atomic E-state index is 13.9. The lowest BCUT2D eigenvalue weighted by Crippen LogP contribution is -2.34. The minimum absolute atomic E-state index is 0.0994. The molecule has 0 amide bonds. The van der Waals surface area contributed by atoms with Crippen molar-refractivity contribution < 1.29 is 22.6 Å². The molecular weight excluding hydrogens is 523 g/mol. The van der Waals surface area contributed by atoms with Gasteiger partial charge in [0.1, 0.15) is 40.8 Å². The first-order valence-electron chi connectivity index (χ1n) is 12.7. The lowest BCUT2D eigenvalue weighted by molar-refractivity contribution is -0.140. The first-order valence-corrected chi connectivity index (χ1v) is 12.7. The number of ether oxygens (including phenoxy) is 2. The summed E-state index contributed by atoms with van der Waals surface area (Å²) in [5.41, 5.74) is 1.90. The van der Waals surface area contributed by atoms with Crippen molar-refractivity contribution in [1.29, 1.82) is 0 Å². The number of fused-ring (bicyclic) bond motifs is 1. The van der Waals surface area contributed by atoms with E-state index in [-0.39, 0.29) is 11.6 Å². The van der Waals surface area contributed by atoms with Gasteiger partial charge in [0.2, 0.25) is 5.88 Å². The summed E-state index contributed by atoms with van der Waals surface area (Å²) in [6.07, 6.45) is -0.122. The summed E-state index contributed by atoms with van der Waals surface area (Å²) < 4.78 is 52.2. The van der Waals surface area contributed by atoms with Crippen LogP contribution in [0.3, 0.4) is 0 Å². The Morgan fingerprint density at radius 1 is 0.900 bits per heavy atom. The maximum Gasteiger partial charge on any atom is 0.433 e. The topological polar surface area (TPSA) is 105 Å². The highest BCUT2D eigenvalue weighted by Crippen LogP contribution is 2.39. The summed E-state index contributed by atoms with van der Waals surface area (Å²) in [7, 11) is 3.08. The fourth-order valence-electron chi connectivity index (χ4n) is 5.14. The number of aromatic nitrogens is 6. The molecule has 40 heavy (non-hydrogen) atoms. The predicted octanol–water partition coefficient (Wildman–Crippen LogP) is 5.83. The number of piperidine rings is 1. The molecule has 0 aliphatic carbocycles. The van der Waals surface area contributed by atoms with Gasteiger partial charge in [-0.15, -0.1) is 0 Å². The average Bonchev–Trinajstić information content (AvgIpc) is 3.63. The highest BCUT2D eigenvalue weighted by molar-refractivity contribution is 5.92. The van der Waals surface area contributed by atoms with Crippen molar-refractivity contribution in [2.75, 3.05) is 32.2 Å². The van der Waals surface area contributed by atoms with E-state index >= 15 is 0 Å². The number of nitrogens with one attached hydrogen (secondary N) is 2. The van der Waals surface area contributed by atoms with Gasteiger partial charge in [0.05, 0.1) is 19.6 Å². The molecule has 6 rings (SSSR count). The second-order valence-corrected chi connectivity index (χ2v) is 9.56. The first-order chi connectivity index (χ1) is 19.3. The monoisotopic (exact) mass is 549 g/mol. The van der Waals surface area contributed by atoms with E-state index < -0.39 is 11.9 Å². The Kier molecular flexibility index (Phi) is 6.53. The summed E-state index contributed by atoms with van der Waals surface area (Å²) in [6, 6.07) is 12.1. The summed E-state index contributed by atoms with van der Waals surface area (Å²) >= 11 is 0. The molecule has 0 saturated carbocycles.